The number of benzene rings is 1. The zero-order valence-electron chi connectivity index (χ0n) is 17.0. The minimum Gasteiger partial charge on any atom is -0.469 e. The number of amides is 1. The number of nitrogens with one attached hydrogen (secondary N) is 1. The van der Waals surface area contributed by atoms with Crippen LogP contribution in [0.4, 0.5) is 11.4 Å². The predicted molar refractivity (Wildman–Crippen MR) is 119 cm³/mol. The molecule has 0 unspecified atom stereocenters. The van der Waals surface area contributed by atoms with Crippen LogP contribution in [0.1, 0.15) is 31.4 Å². The highest BCUT2D eigenvalue weighted by atomic mass is 32.2. The number of anilines is 2. The van der Waals surface area contributed by atoms with Crippen LogP contribution in [0.25, 0.3) is 11.4 Å². The molecule has 0 aliphatic carbocycles. The number of hydrogen-bond donors (Lipinski definition) is 2. The fraction of sp³-hybridized carbons (Fsp3) is 0.381. The maximum atomic E-state index is 12.4. The summed E-state index contributed by atoms with van der Waals surface area (Å²) in [4.78, 5) is 14.8. The van der Waals surface area contributed by atoms with Gasteiger partial charge in [-0.25, -0.2) is 4.68 Å². The van der Waals surface area contributed by atoms with Crippen LogP contribution in [-0.4, -0.2) is 39.6 Å². The van der Waals surface area contributed by atoms with E-state index in [-0.39, 0.29) is 11.7 Å². The molecule has 0 atom stereocenters. The van der Waals surface area contributed by atoms with Crippen molar-refractivity contribution < 1.29 is 9.21 Å². The third-order valence-electron chi connectivity index (χ3n) is 5.22. The molecular formula is C21H26N6O2S. The molecule has 1 saturated heterocycles. The van der Waals surface area contributed by atoms with Crippen LogP contribution < -0.4 is 16.1 Å². The van der Waals surface area contributed by atoms with Crippen molar-refractivity contribution in [3.8, 4) is 11.4 Å². The number of furan rings is 1. The molecule has 3 heterocycles. The van der Waals surface area contributed by atoms with Crippen molar-refractivity contribution in [2.24, 2.45) is 0 Å². The first-order chi connectivity index (χ1) is 14.6. The van der Waals surface area contributed by atoms with Gasteiger partial charge < -0.3 is 20.5 Å². The average Bonchev–Trinajstić information content (AvgIpc) is 3.20. The molecule has 1 amide bonds. The first kappa shape index (κ1) is 20.3. The third-order valence-corrected chi connectivity index (χ3v) is 6.16. The molecule has 0 saturated carbocycles. The highest BCUT2D eigenvalue weighted by molar-refractivity contribution is 7.99. The van der Waals surface area contributed by atoms with Crippen LogP contribution >= 0.6 is 11.8 Å². The van der Waals surface area contributed by atoms with E-state index in [1.54, 1.807) is 12.3 Å². The molecule has 0 radical (unpaired) electrons. The zero-order chi connectivity index (χ0) is 20.9. The van der Waals surface area contributed by atoms with Crippen LogP contribution in [-0.2, 0) is 4.79 Å². The molecule has 9 heteroatoms. The fourth-order valence-electron chi connectivity index (χ4n) is 3.59. The molecule has 1 aliphatic heterocycles. The highest BCUT2D eigenvalue weighted by Crippen LogP contribution is 2.25. The quantitative estimate of drug-likeness (QED) is 0.458. The van der Waals surface area contributed by atoms with Crippen LogP contribution in [0.2, 0.25) is 0 Å². The Morgan fingerprint density at radius 2 is 1.87 bits per heavy atom. The molecule has 4 rings (SSSR count). The topological polar surface area (TPSA) is 102 Å². The van der Waals surface area contributed by atoms with Crippen LogP contribution in [0.15, 0.2) is 46.2 Å². The Hall–Kier alpha value is -2.94. The van der Waals surface area contributed by atoms with E-state index in [2.05, 4.69) is 32.5 Å². The number of aromatic nitrogens is 3. The van der Waals surface area contributed by atoms with Gasteiger partial charge in [-0.2, -0.15) is 0 Å². The predicted octanol–water partition coefficient (Wildman–Crippen LogP) is 3.67. The van der Waals surface area contributed by atoms with Gasteiger partial charge in [0.25, 0.3) is 0 Å². The van der Waals surface area contributed by atoms with Crippen molar-refractivity contribution in [1.82, 2.24) is 14.9 Å². The van der Waals surface area contributed by atoms with Gasteiger partial charge in [-0.05, 0) is 50.1 Å². The SMILES string of the molecule is Cc1occc1-c1nnc(SCC(=O)Nc2ccc(N3CCCCCC3)cc2)n1N. The van der Waals surface area contributed by atoms with Crippen molar-refractivity contribution in [3.63, 3.8) is 0 Å². The third kappa shape index (κ3) is 4.62. The van der Waals surface area contributed by atoms with E-state index in [1.807, 2.05) is 19.1 Å². The molecule has 3 aromatic rings. The Labute approximate surface area is 179 Å². The summed E-state index contributed by atoms with van der Waals surface area (Å²) >= 11 is 1.24. The van der Waals surface area contributed by atoms with Gasteiger partial charge in [0.05, 0.1) is 17.6 Å². The van der Waals surface area contributed by atoms with Gasteiger partial charge in [0.2, 0.25) is 11.1 Å². The van der Waals surface area contributed by atoms with Crippen molar-refractivity contribution in [1.29, 1.82) is 0 Å². The van der Waals surface area contributed by atoms with Crippen molar-refractivity contribution in [3.05, 3.63) is 42.4 Å². The highest BCUT2D eigenvalue weighted by Gasteiger charge is 2.17. The van der Waals surface area contributed by atoms with Gasteiger partial charge in [0.1, 0.15) is 5.76 Å². The summed E-state index contributed by atoms with van der Waals surface area (Å²) in [6.07, 6.45) is 6.68. The summed E-state index contributed by atoms with van der Waals surface area (Å²) in [5.74, 6) is 7.39. The molecular weight excluding hydrogens is 400 g/mol. The lowest BCUT2D eigenvalue weighted by Gasteiger charge is -2.22. The summed E-state index contributed by atoms with van der Waals surface area (Å²) < 4.78 is 6.67. The zero-order valence-corrected chi connectivity index (χ0v) is 17.8. The van der Waals surface area contributed by atoms with Gasteiger partial charge in [0, 0.05) is 24.5 Å². The molecule has 158 valence electrons. The first-order valence-electron chi connectivity index (χ1n) is 10.1. The Morgan fingerprint density at radius 3 is 2.53 bits per heavy atom. The standard InChI is InChI=1S/C21H26N6O2S/c1-15-18(10-13-29-15)20-24-25-21(27(20)22)30-14-19(28)23-16-6-8-17(9-7-16)26-11-4-2-3-5-12-26/h6-10,13H,2-5,11-12,14,22H2,1H3,(H,23,28). The molecule has 1 aromatic carbocycles. The minimum atomic E-state index is -0.119. The Balaban J connectivity index is 1.32. The second kappa shape index (κ2) is 9.25. The molecule has 3 N–H and O–H groups in total. The molecule has 30 heavy (non-hydrogen) atoms. The molecule has 1 aliphatic rings. The summed E-state index contributed by atoms with van der Waals surface area (Å²) in [6, 6.07) is 9.84. The number of thioether (sulfide) groups is 1. The number of carbonyl (C=O) groups excluding carboxylic acids is 1. The smallest absolute Gasteiger partial charge is 0.234 e. The summed E-state index contributed by atoms with van der Waals surface area (Å²) in [5, 5.41) is 11.6. The first-order valence-corrected chi connectivity index (χ1v) is 11.1. The number of hydrogen-bond acceptors (Lipinski definition) is 7. The van der Waals surface area contributed by atoms with E-state index in [9.17, 15) is 4.79 Å². The number of nitrogens with zero attached hydrogens (tertiary/aromatic N) is 4. The average molecular weight is 427 g/mol. The van der Waals surface area contributed by atoms with E-state index in [4.69, 9.17) is 10.3 Å². The summed E-state index contributed by atoms with van der Waals surface area (Å²) in [6.45, 7) is 4.04. The monoisotopic (exact) mass is 426 g/mol. The van der Waals surface area contributed by atoms with E-state index >= 15 is 0 Å². The molecule has 8 nitrogen and oxygen atoms in total. The second-order valence-electron chi connectivity index (χ2n) is 7.35. The number of carbonyl (C=O) groups is 1. The van der Waals surface area contributed by atoms with Crippen LogP contribution in [0.5, 0.6) is 0 Å². The number of nitrogen functional groups attached to an aromatic ring is 1. The summed E-state index contributed by atoms with van der Waals surface area (Å²) in [5.41, 5.74) is 2.77. The van der Waals surface area contributed by atoms with Crippen LogP contribution in [0.3, 0.4) is 0 Å². The van der Waals surface area contributed by atoms with Crippen LogP contribution in [0, 0.1) is 6.92 Å². The normalized spacial score (nSPS) is 14.5. The number of rotatable bonds is 6. The van der Waals surface area contributed by atoms with Crippen molar-refractivity contribution in [2.45, 2.75) is 37.8 Å². The largest absolute Gasteiger partial charge is 0.469 e. The Morgan fingerprint density at radius 1 is 1.13 bits per heavy atom. The Bertz CT molecular complexity index is 989. The van der Waals surface area contributed by atoms with E-state index in [1.165, 1.54) is 47.8 Å². The molecule has 1 fully saturated rings. The summed E-state index contributed by atoms with van der Waals surface area (Å²) in [7, 11) is 0. The Kier molecular flexibility index (Phi) is 6.27. The molecule has 0 bridgehead atoms. The number of aryl methyl sites for hydroxylation is 1. The van der Waals surface area contributed by atoms with Gasteiger partial charge in [-0.15, -0.1) is 10.2 Å². The minimum absolute atomic E-state index is 0.119. The van der Waals surface area contributed by atoms with E-state index < -0.39 is 0 Å². The number of nitrogens with two attached hydrogens (primary N) is 1. The maximum absolute atomic E-state index is 12.4. The van der Waals surface area contributed by atoms with Crippen molar-refractivity contribution in [2.75, 3.05) is 34.9 Å². The van der Waals surface area contributed by atoms with Gasteiger partial charge >= 0.3 is 0 Å². The molecule has 2 aromatic heterocycles. The van der Waals surface area contributed by atoms with Gasteiger partial charge in [0.15, 0.2) is 5.82 Å². The lowest BCUT2D eigenvalue weighted by Crippen LogP contribution is -2.23. The second-order valence-corrected chi connectivity index (χ2v) is 8.29. The van der Waals surface area contributed by atoms with Gasteiger partial charge in [-0.3, -0.25) is 4.79 Å². The molecule has 0 spiro atoms. The van der Waals surface area contributed by atoms with Crippen molar-refractivity contribution >= 4 is 29.0 Å². The lowest BCUT2D eigenvalue weighted by atomic mass is 10.2. The fourth-order valence-corrected chi connectivity index (χ4v) is 4.24. The lowest BCUT2D eigenvalue weighted by molar-refractivity contribution is -0.113. The maximum Gasteiger partial charge on any atom is 0.234 e. The van der Waals surface area contributed by atoms with E-state index in [0.29, 0.717) is 16.7 Å². The van der Waals surface area contributed by atoms with Gasteiger partial charge in [-0.1, -0.05) is 24.6 Å². The van der Waals surface area contributed by atoms with E-state index in [0.717, 1.165) is 24.3 Å².